The third-order valence-electron chi connectivity index (χ3n) is 4.67. The Morgan fingerprint density at radius 2 is 1.48 bits per heavy atom. The average molecular weight is 325 g/mol. The molecule has 0 spiro atoms. The highest BCUT2D eigenvalue weighted by Crippen LogP contribution is 2.38. The van der Waals surface area contributed by atoms with Gasteiger partial charge in [0.1, 0.15) is 0 Å². The first-order valence-corrected chi connectivity index (χ1v) is 8.40. The first kappa shape index (κ1) is 15.4. The molecule has 3 aromatic carbocycles. The van der Waals surface area contributed by atoms with Gasteiger partial charge in [-0.25, -0.2) is 0 Å². The van der Waals surface area contributed by atoms with E-state index in [9.17, 15) is 4.79 Å². The molecular weight excluding hydrogens is 306 g/mol. The largest absolute Gasteiger partial charge is 0.311 e. The van der Waals surface area contributed by atoms with Gasteiger partial charge in [0.25, 0.3) is 5.91 Å². The van der Waals surface area contributed by atoms with E-state index < -0.39 is 0 Å². The number of hydrogen-bond acceptors (Lipinski definition) is 1. The molecule has 25 heavy (non-hydrogen) atoms. The Labute approximate surface area is 148 Å². The van der Waals surface area contributed by atoms with Crippen LogP contribution in [0.4, 0.5) is 5.69 Å². The lowest BCUT2D eigenvalue weighted by Gasteiger charge is -2.18. The van der Waals surface area contributed by atoms with E-state index in [0.29, 0.717) is 0 Å². The fourth-order valence-corrected chi connectivity index (χ4v) is 3.37. The van der Waals surface area contributed by atoms with E-state index in [1.807, 2.05) is 55.6 Å². The van der Waals surface area contributed by atoms with Crippen LogP contribution in [0.2, 0.25) is 0 Å². The van der Waals surface area contributed by atoms with Gasteiger partial charge in [-0.1, -0.05) is 60.2 Å². The van der Waals surface area contributed by atoms with Crippen LogP contribution in [-0.2, 0) is 0 Å². The molecule has 0 saturated carbocycles. The summed E-state index contributed by atoms with van der Waals surface area (Å²) in [7, 11) is 1.85. The number of anilines is 1. The maximum Gasteiger partial charge on any atom is 0.258 e. The topological polar surface area (TPSA) is 20.3 Å². The normalized spacial score (nSPS) is 14.9. The Kier molecular flexibility index (Phi) is 3.73. The summed E-state index contributed by atoms with van der Waals surface area (Å²) < 4.78 is 0. The monoisotopic (exact) mass is 325 g/mol. The Hall–Kier alpha value is -3.13. The minimum Gasteiger partial charge on any atom is -0.311 e. The molecule has 3 aromatic rings. The standard InChI is InChI=1S/C23H19NO/c1-16-12-13-22-21(14-16)20(15-17-8-4-3-5-9-17)18-10-6-7-11-19(18)23(25)24(22)2/h3-15H,1-2H3/b20-15-. The molecule has 1 aliphatic heterocycles. The number of carbonyl (C=O) groups is 1. The van der Waals surface area contributed by atoms with Crippen molar-refractivity contribution < 1.29 is 4.79 Å². The Morgan fingerprint density at radius 3 is 2.24 bits per heavy atom. The van der Waals surface area contributed by atoms with E-state index in [0.717, 1.165) is 33.5 Å². The van der Waals surface area contributed by atoms with Gasteiger partial charge in [-0.05, 0) is 47.9 Å². The van der Waals surface area contributed by atoms with Gasteiger partial charge in [0.15, 0.2) is 0 Å². The molecule has 0 bridgehead atoms. The zero-order valence-electron chi connectivity index (χ0n) is 14.4. The van der Waals surface area contributed by atoms with Gasteiger partial charge in [0.05, 0.1) is 5.69 Å². The quantitative estimate of drug-likeness (QED) is 0.604. The van der Waals surface area contributed by atoms with Crippen LogP contribution in [-0.4, -0.2) is 13.0 Å². The lowest BCUT2D eigenvalue weighted by Crippen LogP contribution is -2.26. The third-order valence-corrected chi connectivity index (χ3v) is 4.67. The smallest absolute Gasteiger partial charge is 0.258 e. The average Bonchev–Trinajstić information content (AvgIpc) is 2.73. The van der Waals surface area contributed by atoms with Crippen LogP contribution in [0.5, 0.6) is 0 Å². The molecular formula is C23H19NO. The maximum atomic E-state index is 13.0. The maximum absolute atomic E-state index is 13.0. The van der Waals surface area contributed by atoms with Gasteiger partial charge in [-0.15, -0.1) is 0 Å². The predicted octanol–water partition coefficient (Wildman–Crippen LogP) is 5.17. The molecule has 0 radical (unpaired) electrons. The van der Waals surface area contributed by atoms with Crippen molar-refractivity contribution in [1.29, 1.82) is 0 Å². The van der Waals surface area contributed by atoms with Gasteiger partial charge >= 0.3 is 0 Å². The van der Waals surface area contributed by atoms with Crippen molar-refractivity contribution in [2.24, 2.45) is 0 Å². The van der Waals surface area contributed by atoms with Gasteiger partial charge in [-0.2, -0.15) is 0 Å². The number of hydrogen-bond donors (Lipinski definition) is 0. The number of nitrogens with zero attached hydrogens (tertiary/aromatic N) is 1. The molecule has 0 N–H and O–H groups in total. The molecule has 0 aromatic heterocycles. The second kappa shape index (κ2) is 6.06. The van der Waals surface area contributed by atoms with Crippen molar-refractivity contribution in [1.82, 2.24) is 0 Å². The van der Waals surface area contributed by atoms with Crippen LogP contribution in [0.25, 0.3) is 11.6 Å². The van der Waals surface area contributed by atoms with E-state index in [-0.39, 0.29) is 5.91 Å². The third kappa shape index (κ3) is 2.66. The number of amides is 1. The van der Waals surface area contributed by atoms with Crippen molar-refractivity contribution in [2.45, 2.75) is 6.92 Å². The van der Waals surface area contributed by atoms with E-state index >= 15 is 0 Å². The first-order chi connectivity index (χ1) is 12.1. The Bertz CT molecular complexity index is 986. The van der Waals surface area contributed by atoms with Gasteiger partial charge in [-0.3, -0.25) is 4.79 Å². The highest BCUT2D eigenvalue weighted by Gasteiger charge is 2.26. The second-order valence-electron chi connectivity index (χ2n) is 6.40. The molecule has 0 unspecified atom stereocenters. The second-order valence-corrected chi connectivity index (χ2v) is 6.40. The molecule has 1 amide bonds. The van der Waals surface area contributed by atoms with Gasteiger partial charge in [0.2, 0.25) is 0 Å². The molecule has 0 fully saturated rings. The molecule has 0 aliphatic carbocycles. The summed E-state index contributed by atoms with van der Waals surface area (Å²) >= 11 is 0. The zero-order chi connectivity index (χ0) is 17.4. The van der Waals surface area contributed by atoms with E-state index in [2.05, 4.69) is 37.3 Å². The summed E-state index contributed by atoms with van der Waals surface area (Å²) in [6.07, 6.45) is 2.17. The lowest BCUT2D eigenvalue weighted by atomic mass is 9.92. The zero-order valence-corrected chi connectivity index (χ0v) is 14.4. The molecule has 4 rings (SSSR count). The lowest BCUT2D eigenvalue weighted by molar-refractivity contribution is 0.0993. The van der Waals surface area contributed by atoms with Crippen molar-refractivity contribution in [3.05, 3.63) is 101 Å². The summed E-state index contributed by atoms with van der Waals surface area (Å²) in [6.45, 7) is 2.08. The molecule has 0 saturated heterocycles. The number of carbonyl (C=O) groups excluding carboxylic acids is 1. The van der Waals surface area contributed by atoms with Crippen molar-refractivity contribution in [3.63, 3.8) is 0 Å². The molecule has 1 heterocycles. The Balaban J connectivity index is 2.07. The molecule has 1 aliphatic rings. The van der Waals surface area contributed by atoms with Crippen LogP contribution in [0.1, 0.15) is 32.6 Å². The van der Waals surface area contributed by atoms with Crippen LogP contribution in [0.3, 0.4) is 0 Å². The number of aryl methyl sites for hydroxylation is 1. The number of benzene rings is 3. The Morgan fingerprint density at radius 1 is 0.800 bits per heavy atom. The van der Waals surface area contributed by atoms with E-state index in [1.54, 1.807) is 4.90 Å². The molecule has 0 atom stereocenters. The highest BCUT2D eigenvalue weighted by molar-refractivity contribution is 6.15. The van der Waals surface area contributed by atoms with Crippen LogP contribution in [0, 0.1) is 6.92 Å². The van der Waals surface area contributed by atoms with Crippen LogP contribution in [0.15, 0.2) is 72.8 Å². The fourth-order valence-electron chi connectivity index (χ4n) is 3.37. The van der Waals surface area contributed by atoms with E-state index in [4.69, 9.17) is 0 Å². The summed E-state index contributed by atoms with van der Waals surface area (Å²) in [6, 6.07) is 24.4. The summed E-state index contributed by atoms with van der Waals surface area (Å²) in [4.78, 5) is 14.7. The van der Waals surface area contributed by atoms with Crippen LogP contribution < -0.4 is 4.90 Å². The van der Waals surface area contributed by atoms with Crippen molar-refractivity contribution in [3.8, 4) is 0 Å². The fraction of sp³-hybridized carbons (Fsp3) is 0.0870. The molecule has 2 heteroatoms. The molecule has 122 valence electrons. The highest BCUT2D eigenvalue weighted by atomic mass is 16.2. The minimum absolute atomic E-state index is 0.0252. The number of rotatable bonds is 1. The van der Waals surface area contributed by atoms with Crippen LogP contribution >= 0.6 is 0 Å². The van der Waals surface area contributed by atoms with Gasteiger partial charge in [0, 0.05) is 18.2 Å². The van der Waals surface area contributed by atoms with Crippen molar-refractivity contribution >= 4 is 23.2 Å². The molecule has 2 nitrogen and oxygen atoms in total. The van der Waals surface area contributed by atoms with E-state index in [1.165, 1.54) is 5.56 Å². The predicted molar refractivity (Wildman–Crippen MR) is 104 cm³/mol. The SMILES string of the molecule is Cc1ccc2c(c1)/C(=C\c1ccccc1)c1ccccc1C(=O)N2C. The summed E-state index contributed by atoms with van der Waals surface area (Å²) in [5.74, 6) is 0.0252. The first-order valence-electron chi connectivity index (χ1n) is 8.40. The summed E-state index contributed by atoms with van der Waals surface area (Å²) in [5, 5.41) is 0. The summed E-state index contributed by atoms with van der Waals surface area (Å²) in [5.41, 5.74) is 7.13. The van der Waals surface area contributed by atoms with Gasteiger partial charge < -0.3 is 4.90 Å². The minimum atomic E-state index is 0.0252. The van der Waals surface area contributed by atoms with Crippen molar-refractivity contribution in [2.75, 3.05) is 11.9 Å². The number of fused-ring (bicyclic) bond motifs is 2.